The Hall–Kier alpha value is -2.03. The molecule has 1 N–H and O–H groups in total. The van der Waals surface area contributed by atoms with Crippen LogP contribution in [0.5, 0.6) is 5.75 Å². The molecule has 1 aromatic carbocycles. The lowest BCUT2D eigenvalue weighted by atomic mass is 10.0. The van der Waals surface area contributed by atoms with Crippen LogP contribution >= 0.6 is 0 Å². The maximum atomic E-state index is 5.25. The van der Waals surface area contributed by atoms with Gasteiger partial charge in [-0.1, -0.05) is 12.1 Å². The van der Waals surface area contributed by atoms with Crippen LogP contribution in [0.4, 0.5) is 5.69 Å². The molecule has 1 unspecified atom stereocenters. The Morgan fingerprint density at radius 1 is 1.10 bits per heavy atom. The molecule has 0 radical (unpaired) electrons. The Kier molecular flexibility index (Phi) is 3.82. The first-order chi connectivity index (χ1) is 10.2. The third kappa shape index (κ3) is 3.18. The van der Waals surface area contributed by atoms with Crippen molar-refractivity contribution in [3.63, 3.8) is 0 Å². The van der Waals surface area contributed by atoms with Crippen LogP contribution in [0, 0.1) is 19.8 Å². The normalized spacial score (nSPS) is 15.6. The summed E-state index contributed by atoms with van der Waals surface area (Å²) >= 11 is 0. The van der Waals surface area contributed by atoms with E-state index < -0.39 is 0 Å². The summed E-state index contributed by atoms with van der Waals surface area (Å²) in [5.41, 5.74) is 4.58. The van der Waals surface area contributed by atoms with Crippen molar-refractivity contribution >= 4 is 5.69 Å². The molecule has 21 heavy (non-hydrogen) atoms. The Bertz CT molecular complexity index is 618. The van der Waals surface area contributed by atoms with Crippen LogP contribution in [0.2, 0.25) is 0 Å². The van der Waals surface area contributed by atoms with Crippen LogP contribution < -0.4 is 10.1 Å². The molecule has 110 valence electrons. The second-order valence-corrected chi connectivity index (χ2v) is 5.82. The molecule has 2 aromatic rings. The maximum Gasteiger partial charge on any atom is 0.118 e. The van der Waals surface area contributed by atoms with E-state index in [1.807, 2.05) is 19.1 Å². The Morgan fingerprint density at radius 3 is 2.38 bits per heavy atom. The molecule has 1 aliphatic carbocycles. The molecule has 0 spiro atoms. The fraction of sp³-hybridized carbons (Fsp3) is 0.389. The van der Waals surface area contributed by atoms with Gasteiger partial charge in [-0.15, -0.1) is 0 Å². The molecular formula is C18H22N2O. The molecule has 1 atom stereocenters. The Morgan fingerprint density at radius 2 is 1.81 bits per heavy atom. The molecule has 0 saturated heterocycles. The fourth-order valence-electron chi connectivity index (χ4n) is 2.72. The van der Waals surface area contributed by atoms with Crippen molar-refractivity contribution in [2.75, 3.05) is 12.4 Å². The minimum Gasteiger partial charge on any atom is -0.497 e. The van der Waals surface area contributed by atoms with Gasteiger partial charge in [-0.2, -0.15) is 0 Å². The predicted octanol–water partition coefficient (Wildman–Crippen LogP) is 4.27. The number of pyridine rings is 1. The number of benzene rings is 1. The molecule has 3 heteroatoms. The van der Waals surface area contributed by atoms with E-state index >= 15 is 0 Å². The van der Waals surface area contributed by atoms with Crippen molar-refractivity contribution in [2.45, 2.75) is 32.7 Å². The van der Waals surface area contributed by atoms with E-state index in [9.17, 15) is 0 Å². The third-order valence-corrected chi connectivity index (χ3v) is 4.10. The van der Waals surface area contributed by atoms with Crippen LogP contribution in [-0.2, 0) is 0 Å². The van der Waals surface area contributed by atoms with Gasteiger partial charge in [-0.3, -0.25) is 4.98 Å². The van der Waals surface area contributed by atoms with Crippen molar-refractivity contribution in [2.24, 2.45) is 5.92 Å². The molecule has 0 amide bonds. The summed E-state index contributed by atoms with van der Waals surface area (Å²) in [7, 11) is 1.70. The number of anilines is 1. The highest BCUT2D eigenvalue weighted by atomic mass is 16.5. The van der Waals surface area contributed by atoms with Gasteiger partial charge in [0.05, 0.1) is 24.5 Å². The molecule has 1 aliphatic rings. The van der Waals surface area contributed by atoms with Crippen molar-refractivity contribution in [3.05, 3.63) is 53.3 Å². The number of nitrogens with one attached hydrogen (secondary N) is 1. The number of aryl methyl sites for hydroxylation is 2. The standard InChI is InChI=1S/C18H22N2O/c1-12-4-11-17(13(2)19-12)20-18(14-5-6-14)15-7-9-16(21-3)10-8-15/h4,7-11,14,18,20H,5-6H2,1-3H3. The van der Waals surface area contributed by atoms with E-state index in [4.69, 9.17) is 4.74 Å². The van der Waals surface area contributed by atoms with Crippen LogP contribution in [0.25, 0.3) is 0 Å². The topological polar surface area (TPSA) is 34.1 Å². The number of hydrogen-bond donors (Lipinski definition) is 1. The highest BCUT2D eigenvalue weighted by Gasteiger charge is 2.32. The SMILES string of the molecule is COc1ccc(C(Nc2ccc(C)nc2C)C2CC2)cc1. The number of aromatic nitrogens is 1. The van der Waals surface area contributed by atoms with Gasteiger partial charge in [0.15, 0.2) is 0 Å². The maximum absolute atomic E-state index is 5.25. The molecule has 1 saturated carbocycles. The smallest absolute Gasteiger partial charge is 0.118 e. The largest absolute Gasteiger partial charge is 0.497 e. The van der Waals surface area contributed by atoms with Gasteiger partial charge < -0.3 is 10.1 Å². The van der Waals surface area contributed by atoms with Gasteiger partial charge in [0, 0.05) is 5.69 Å². The van der Waals surface area contributed by atoms with Gasteiger partial charge >= 0.3 is 0 Å². The first-order valence-corrected chi connectivity index (χ1v) is 7.52. The van der Waals surface area contributed by atoms with Crippen LogP contribution in [-0.4, -0.2) is 12.1 Å². The van der Waals surface area contributed by atoms with E-state index in [2.05, 4.69) is 41.5 Å². The molecule has 1 heterocycles. The molecule has 0 aliphatic heterocycles. The Labute approximate surface area is 126 Å². The summed E-state index contributed by atoms with van der Waals surface area (Å²) < 4.78 is 5.25. The zero-order chi connectivity index (χ0) is 14.8. The van der Waals surface area contributed by atoms with Crippen LogP contribution in [0.1, 0.15) is 35.8 Å². The number of methoxy groups -OCH3 is 1. The highest BCUT2D eigenvalue weighted by molar-refractivity contribution is 5.50. The van der Waals surface area contributed by atoms with Crippen molar-refractivity contribution < 1.29 is 4.74 Å². The van der Waals surface area contributed by atoms with E-state index in [1.54, 1.807) is 7.11 Å². The third-order valence-electron chi connectivity index (χ3n) is 4.10. The summed E-state index contributed by atoms with van der Waals surface area (Å²) in [6, 6.07) is 12.9. The Balaban J connectivity index is 1.84. The van der Waals surface area contributed by atoms with Gasteiger partial charge in [0.25, 0.3) is 0 Å². The fourth-order valence-corrected chi connectivity index (χ4v) is 2.72. The number of nitrogens with zero attached hydrogens (tertiary/aromatic N) is 1. The number of ether oxygens (including phenoxy) is 1. The quantitative estimate of drug-likeness (QED) is 0.889. The molecule has 1 aromatic heterocycles. The zero-order valence-electron chi connectivity index (χ0n) is 12.9. The van der Waals surface area contributed by atoms with Crippen LogP contribution in [0.3, 0.4) is 0 Å². The van der Waals surface area contributed by atoms with Crippen molar-refractivity contribution in [3.8, 4) is 5.75 Å². The summed E-state index contributed by atoms with van der Waals surface area (Å²) in [6.45, 7) is 4.09. The monoisotopic (exact) mass is 282 g/mol. The first kappa shape index (κ1) is 13.9. The van der Waals surface area contributed by atoms with E-state index in [-0.39, 0.29) is 0 Å². The van der Waals surface area contributed by atoms with E-state index in [0.717, 1.165) is 28.7 Å². The lowest BCUT2D eigenvalue weighted by Gasteiger charge is -2.21. The number of hydrogen-bond acceptors (Lipinski definition) is 3. The van der Waals surface area contributed by atoms with E-state index in [0.29, 0.717) is 6.04 Å². The minimum absolute atomic E-state index is 0.360. The van der Waals surface area contributed by atoms with Crippen molar-refractivity contribution in [1.29, 1.82) is 0 Å². The predicted molar refractivity (Wildman–Crippen MR) is 85.8 cm³/mol. The summed E-state index contributed by atoms with van der Waals surface area (Å²) in [4.78, 5) is 4.54. The molecule has 1 fully saturated rings. The van der Waals surface area contributed by atoms with E-state index in [1.165, 1.54) is 18.4 Å². The average Bonchev–Trinajstić information content (AvgIpc) is 3.31. The highest BCUT2D eigenvalue weighted by Crippen LogP contribution is 2.43. The second kappa shape index (κ2) is 5.76. The molecular weight excluding hydrogens is 260 g/mol. The summed E-state index contributed by atoms with van der Waals surface area (Å²) in [5, 5.41) is 3.69. The zero-order valence-corrected chi connectivity index (χ0v) is 12.9. The molecule has 3 nitrogen and oxygen atoms in total. The summed E-state index contributed by atoms with van der Waals surface area (Å²) in [6.07, 6.45) is 2.59. The average molecular weight is 282 g/mol. The lowest BCUT2D eigenvalue weighted by molar-refractivity contribution is 0.414. The molecule has 0 bridgehead atoms. The minimum atomic E-state index is 0.360. The molecule has 3 rings (SSSR count). The summed E-state index contributed by atoms with van der Waals surface area (Å²) in [5.74, 6) is 1.63. The second-order valence-electron chi connectivity index (χ2n) is 5.82. The van der Waals surface area contributed by atoms with Gasteiger partial charge in [0.1, 0.15) is 5.75 Å². The van der Waals surface area contributed by atoms with Gasteiger partial charge in [0.2, 0.25) is 0 Å². The van der Waals surface area contributed by atoms with Crippen LogP contribution in [0.15, 0.2) is 36.4 Å². The first-order valence-electron chi connectivity index (χ1n) is 7.52. The number of rotatable bonds is 5. The van der Waals surface area contributed by atoms with Gasteiger partial charge in [-0.05, 0) is 62.4 Å². The van der Waals surface area contributed by atoms with Gasteiger partial charge in [-0.25, -0.2) is 0 Å². The lowest BCUT2D eigenvalue weighted by Crippen LogP contribution is -2.14. The van der Waals surface area contributed by atoms with Crippen molar-refractivity contribution in [1.82, 2.24) is 4.98 Å².